The van der Waals surface area contributed by atoms with Crippen molar-refractivity contribution in [1.29, 1.82) is 5.26 Å². The number of nitriles is 1. The van der Waals surface area contributed by atoms with Gasteiger partial charge in [0.05, 0.1) is 17.8 Å². The zero-order valence-corrected chi connectivity index (χ0v) is 13.4. The van der Waals surface area contributed by atoms with E-state index in [0.717, 1.165) is 11.4 Å². The maximum Gasteiger partial charge on any atom is 0.249 e. The molecule has 1 aromatic heterocycles. The van der Waals surface area contributed by atoms with Crippen LogP contribution in [0.3, 0.4) is 0 Å². The summed E-state index contributed by atoms with van der Waals surface area (Å²) in [6.07, 6.45) is 1.50. The minimum absolute atomic E-state index is 0.0121. The quantitative estimate of drug-likeness (QED) is 0.691. The van der Waals surface area contributed by atoms with Gasteiger partial charge in [-0.15, -0.1) is 5.10 Å². The Bertz CT molecular complexity index is 929. The Morgan fingerprint density at radius 3 is 2.28 bits per heavy atom. The van der Waals surface area contributed by atoms with Crippen molar-refractivity contribution in [3.8, 4) is 6.07 Å². The van der Waals surface area contributed by atoms with Crippen LogP contribution in [0.1, 0.15) is 22.8 Å². The molecule has 2 N–H and O–H groups in total. The second-order valence-corrected chi connectivity index (χ2v) is 5.24. The van der Waals surface area contributed by atoms with Crippen LogP contribution in [0.4, 0.5) is 23.1 Å². The van der Waals surface area contributed by atoms with E-state index in [9.17, 15) is 4.79 Å². The fourth-order valence-corrected chi connectivity index (χ4v) is 2.11. The summed E-state index contributed by atoms with van der Waals surface area (Å²) in [6.45, 7) is 1.52. The second kappa shape index (κ2) is 7.19. The third kappa shape index (κ3) is 4.14. The van der Waals surface area contributed by atoms with Crippen molar-refractivity contribution in [1.82, 2.24) is 15.2 Å². The van der Waals surface area contributed by atoms with Gasteiger partial charge in [-0.3, -0.25) is 4.79 Å². The van der Waals surface area contributed by atoms with Crippen molar-refractivity contribution in [2.75, 3.05) is 10.6 Å². The number of ketones is 1. The first-order valence-corrected chi connectivity index (χ1v) is 7.49. The lowest BCUT2D eigenvalue weighted by molar-refractivity contribution is 0.101. The average Bonchev–Trinajstić information content (AvgIpc) is 2.63. The number of hydrogen-bond donors (Lipinski definition) is 2. The third-order valence-electron chi connectivity index (χ3n) is 3.39. The number of carbonyl (C=O) groups is 1. The molecule has 1 heterocycles. The average molecular weight is 330 g/mol. The van der Waals surface area contributed by atoms with Gasteiger partial charge in [-0.25, -0.2) is 0 Å². The molecule has 0 bridgehead atoms. The number of hydrogen-bond acceptors (Lipinski definition) is 7. The minimum Gasteiger partial charge on any atom is -0.339 e. The number of rotatable bonds is 5. The number of nitrogens with one attached hydrogen (secondary N) is 2. The van der Waals surface area contributed by atoms with E-state index in [2.05, 4.69) is 31.9 Å². The lowest BCUT2D eigenvalue weighted by Crippen LogP contribution is -2.02. The van der Waals surface area contributed by atoms with Gasteiger partial charge in [-0.1, -0.05) is 0 Å². The molecule has 7 nitrogen and oxygen atoms in total. The predicted molar refractivity (Wildman–Crippen MR) is 94.0 cm³/mol. The Labute approximate surface area is 144 Å². The van der Waals surface area contributed by atoms with Crippen LogP contribution in [0.25, 0.3) is 0 Å². The number of carbonyl (C=O) groups excluding carboxylic acids is 1. The second-order valence-electron chi connectivity index (χ2n) is 5.24. The molecule has 0 atom stereocenters. The van der Waals surface area contributed by atoms with Gasteiger partial charge in [0.1, 0.15) is 0 Å². The fraction of sp³-hybridized carbons (Fsp3) is 0.0556. The first kappa shape index (κ1) is 16.1. The van der Waals surface area contributed by atoms with Gasteiger partial charge in [0, 0.05) is 16.9 Å². The van der Waals surface area contributed by atoms with Gasteiger partial charge in [-0.2, -0.15) is 15.3 Å². The van der Waals surface area contributed by atoms with Gasteiger partial charge in [0.25, 0.3) is 0 Å². The number of benzene rings is 2. The summed E-state index contributed by atoms with van der Waals surface area (Å²) in [5, 5.41) is 22.8. The number of nitrogens with zero attached hydrogens (tertiary/aromatic N) is 4. The Morgan fingerprint density at radius 2 is 1.64 bits per heavy atom. The molecular formula is C18H14N6O. The van der Waals surface area contributed by atoms with Crippen LogP contribution < -0.4 is 10.6 Å². The van der Waals surface area contributed by atoms with E-state index in [4.69, 9.17) is 5.26 Å². The molecule has 0 spiro atoms. The van der Waals surface area contributed by atoms with Gasteiger partial charge >= 0.3 is 0 Å². The van der Waals surface area contributed by atoms with E-state index < -0.39 is 0 Å². The molecule has 0 saturated carbocycles. The fourth-order valence-electron chi connectivity index (χ4n) is 2.11. The van der Waals surface area contributed by atoms with E-state index in [-0.39, 0.29) is 5.78 Å². The number of Topliss-reactive ketones (excluding diaryl/α,β-unsaturated/α-hetero) is 1. The van der Waals surface area contributed by atoms with Crippen LogP contribution in [0.2, 0.25) is 0 Å². The molecule has 0 saturated heterocycles. The van der Waals surface area contributed by atoms with Crippen molar-refractivity contribution in [3.63, 3.8) is 0 Å². The highest BCUT2D eigenvalue weighted by molar-refractivity contribution is 5.94. The van der Waals surface area contributed by atoms with E-state index in [1.54, 1.807) is 48.5 Å². The Morgan fingerprint density at radius 1 is 1.00 bits per heavy atom. The molecule has 0 radical (unpaired) electrons. The molecule has 3 rings (SSSR count). The highest BCUT2D eigenvalue weighted by atomic mass is 16.1. The Hall–Kier alpha value is -3.79. The summed E-state index contributed by atoms with van der Waals surface area (Å²) < 4.78 is 0. The highest BCUT2D eigenvalue weighted by Crippen LogP contribution is 2.17. The summed E-state index contributed by atoms with van der Waals surface area (Å²) in [4.78, 5) is 15.6. The molecule has 122 valence electrons. The molecule has 2 aromatic carbocycles. The molecule has 0 aliphatic carbocycles. The zero-order chi connectivity index (χ0) is 17.6. The Kier molecular flexibility index (Phi) is 4.62. The molecular weight excluding hydrogens is 316 g/mol. The lowest BCUT2D eigenvalue weighted by atomic mass is 10.1. The smallest absolute Gasteiger partial charge is 0.249 e. The van der Waals surface area contributed by atoms with Gasteiger partial charge in [0.15, 0.2) is 11.6 Å². The summed E-state index contributed by atoms with van der Waals surface area (Å²) in [5.41, 5.74) is 2.77. The van der Waals surface area contributed by atoms with E-state index >= 15 is 0 Å². The molecule has 0 amide bonds. The molecule has 0 aliphatic rings. The molecule has 3 aromatic rings. The summed E-state index contributed by atoms with van der Waals surface area (Å²) >= 11 is 0. The van der Waals surface area contributed by atoms with Crippen molar-refractivity contribution in [2.24, 2.45) is 0 Å². The van der Waals surface area contributed by atoms with Crippen LogP contribution >= 0.6 is 0 Å². The first-order valence-electron chi connectivity index (χ1n) is 7.49. The largest absolute Gasteiger partial charge is 0.339 e. The lowest BCUT2D eigenvalue weighted by Gasteiger charge is -2.08. The first-order chi connectivity index (χ1) is 12.1. The Balaban J connectivity index is 1.72. The van der Waals surface area contributed by atoms with Gasteiger partial charge in [0.2, 0.25) is 5.95 Å². The van der Waals surface area contributed by atoms with Crippen molar-refractivity contribution in [3.05, 3.63) is 65.9 Å². The van der Waals surface area contributed by atoms with Crippen LogP contribution in [0.5, 0.6) is 0 Å². The summed E-state index contributed by atoms with van der Waals surface area (Å²) in [7, 11) is 0. The van der Waals surface area contributed by atoms with Crippen LogP contribution in [-0.2, 0) is 0 Å². The van der Waals surface area contributed by atoms with Crippen molar-refractivity contribution in [2.45, 2.75) is 6.92 Å². The zero-order valence-electron chi connectivity index (χ0n) is 13.4. The van der Waals surface area contributed by atoms with E-state index in [1.165, 1.54) is 13.1 Å². The third-order valence-corrected chi connectivity index (χ3v) is 3.39. The van der Waals surface area contributed by atoms with Crippen LogP contribution in [0.15, 0.2) is 54.7 Å². The topological polar surface area (TPSA) is 104 Å². The molecule has 25 heavy (non-hydrogen) atoms. The normalized spacial score (nSPS) is 9.92. The van der Waals surface area contributed by atoms with Crippen LogP contribution in [0, 0.1) is 11.3 Å². The van der Waals surface area contributed by atoms with Crippen molar-refractivity contribution < 1.29 is 4.79 Å². The number of aromatic nitrogens is 3. The molecule has 0 aliphatic heterocycles. The SMILES string of the molecule is CC(=O)c1ccc(Nc2nncc(Nc3ccc(C#N)cc3)n2)cc1. The molecule has 0 fully saturated rings. The molecule has 7 heteroatoms. The van der Waals surface area contributed by atoms with Crippen molar-refractivity contribution >= 4 is 28.9 Å². The predicted octanol–water partition coefficient (Wildman–Crippen LogP) is 3.43. The maximum absolute atomic E-state index is 11.3. The summed E-state index contributed by atoms with van der Waals surface area (Å²) in [5.74, 6) is 0.856. The van der Waals surface area contributed by atoms with Gasteiger partial charge < -0.3 is 10.6 Å². The highest BCUT2D eigenvalue weighted by Gasteiger charge is 2.04. The maximum atomic E-state index is 11.3. The van der Waals surface area contributed by atoms with E-state index in [1.807, 2.05) is 0 Å². The molecule has 0 unspecified atom stereocenters. The van der Waals surface area contributed by atoms with Gasteiger partial charge in [-0.05, 0) is 55.5 Å². The van der Waals surface area contributed by atoms with E-state index in [0.29, 0.717) is 22.9 Å². The van der Waals surface area contributed by atoms with Crippen LogP contribution in [-0.4, -0.2) is 21.0 Å². The summed E-state index contributed by atoms with van der Waals surface area (Å²) in [6, 6.07) is 16.1. The minimum atomic E-state index is 0.0121. The number of anilines is 4. The monoisotopic (exact) mass is 330 g/mol. The standard InChI is InChI=1S/C18H14N6O/c1-12(25)14-4-8-16(9-5-14)22-18-23-17(11-20-24-18)21-15-6-2-13(10-19)3-7-15/h2-9,11H,1H3,(H2,21,22,23,24).